The van der Waals surface area contributed by atoms with Gasteiger partial charge >= 0.3 is 0 Å². The molecule has 140 valence electrons. The molecule has 1 atom stereocenters. The number of benzene rings is 2. The van der Waals surface area contributed by atoms with Crippen molar-refractivity contribution in [1.82, 2.24) is 4.57 Å². The lowest BCUT2D eigenvalue weighted by molar-refractivity contribution is -0.119. The first kappa shape index (κ1) is 18.7. The summed E-state index contributed by atoms with van der Waals surface area (Å²) >= 11 is 0. The molecule has 0 saturated carbocycles. The number of para-hydroxylation sites is 3. The number of nitrogens with one attached hydrogen (secondary N) is 1. The summed E-state index contributed by atoms with van der Waals surface area (Å²) < 4.78 is 6.92. The number of fused-ring (bicyclic) bond motifs is 1. The van der Waals surface area contributed by atoms with Crippen molar-refractivity contribution in [2.75, 3.05) is 12.4 Å². The number of hydrogen-bond donors (Lipinski definition) is 1. The van der Waals surface area contributed by atoms with E-state index in [0.29, 0.717) is 17.9 Å². The van der Waals surface area contributed by atoms with E-state index in [2.05, 4.69) is 5.32 Å². The van der Waals surface area contributed by atoms with E-state index in [9.17, 15) is 9.59 Å². The molecule has 1 unspecified atom stereocenters. The molecule has 0 saturated heterocycles. The van der Waals surface area contributed by atoms with Crippen molar-refractivity contribution in [2.45, 2.75) is 33.2 Å². The molecule has 5 nitrogen and oxygen atoms in total. The average molecular weight is 364 g/mol. The topological polar surface area (TPSA) is 60.3 Å². The van der Waals surface area contributed by atoms with Crippen LogP contribution >= 0.6 is 0 Å². The van der Waals surface area contributed by atoms with E-state index in [0.717, 1.165) is 22.0 Å². The maximum atomic E-state index is 13.1. The zero-order chi connectivity index (χ0) is 19.6. The first-order chi connectivity index (χ1) is 13.0. The minimum atomic E-state index is -0.619. The van der Waals surface area contributed by atoms with Crippen molar-refractivity contribution in [2.24, 2.45) is 0 Å². The molecule has 0 aliphatic heterocycles. The zero-order valence-electron chi connectivity index (χ0n) is 16.1. The minimum Gasteiger partial charge on any atom is -0.495 e. The van der Waals surface area contributed by atoms with Crippen LogP contribution in [-0.4, -0.2) is 17.6 Å². The quantitative estimate of drug-likeness (QED) is 0.737. The number of anilines is 1. The van der Waals surface area contributed by atoms with Gasteiger partial charge in [0.2, 0.25) is 5.91 Å². The molecule has 1 amide bonds. The number of pyridine rings is 1. The normalized spacial score (nSPS) is 12.0. The van der Waals surface area contributed by atoms with E-state index < -0.39 is 6.04 Å². The maximum Gasteiger partial charge on any atom is 0.252 e. The summed E-state index contributed by atoms with van der Waals surface area (Å²) in [6.45, 7) is 5.79. The molecule has 3 rings (SSSR count). The number of nitrogens with zero attached hydrogens (tertiary/aromatic N) is 1. The zero-order valence-corrected chi connectivity index (χ0v) is 16.1. The Morgan fingerprint density at radius 1 is 1.11 bits per heavy atom. The number of hydrogen-bond acceptors (Lipinski definition) is 3. The molecule has 0 spiro atoms. The van der Waals surface area contributed by atoms with Gasteiger partial charge in [-0.25, -0.2) is 0 Å². The Morgan fingerprint density at radius 3 is 2.56 bits per heavy atom. The van der Waals surface area contributed by atoms with E-state index in [1.165, 1.54) is 0 Å². The summed E-state index contributed by atoms with van der Waals surface area (Å²) in [6, 6.07) is 14.1. The Hall–Kier alpha value is -3.08. The SMILES string of the molecule is CCC(C(=O)Nc1ccccc1OC)n1c(=O)cc(C)c2cccc(C)c21. The van der Waals surface area contributed by atoms with Gasteiger partial charge in [0, 0.05) is 11.5 Å². The van der Waals surface area contributed by atoms with Crippen LogP contribution < -0.4 is 15.6 Å². The van der Waals surface area contributed by atoms with Crippen LogP contribution in [-0.2, 0) is 4.79 Å². The summed E-state index contributed by atoms with van der Waals surface area (Å²) in [7, 11) is 1.56. The van der Waals surface area contributed by atoms with Gasteiger partial charge < -0.3 is 10.1 Å². The number of carbonyl (C=O) groups excluding carboxylic acids is 1. The summed E-state index contributed by atoms with van der Waals surface area (Å²) in [5, 5.41) is 3.90. The van der Waals surface area contributed by atoms with Gasteiger partial charge in [0.1, 0.15) is 11.8 Å². The molecule has 5 heteroatoms. The van der Waals surface area contributed by atoms with Crippen molar-refractivity contribution in [3.63, 3.8) is 0 Å². The molecule has 1 N–H and O–H groups in total. The molecule has 0 fully saturated rings. The van der Waals surface area contributed by atoms with Crippen LogP contribution in [0.3, 0.4) is 0 Å². The standard InChI is InChI=1S/C22H24N2O3/c1-5-18(22(26)23-17-11-6-7-12-19(17)27-4)24-20(25)13-15(3)16-10-8-9-14(2)21(16)24/h6-13,18H,5H2,1-4H3,(H,23,26). The second kappa shape index (κ2) is 7.66. The molecular formula is C22H24N2O3. The lowest BCUT2D eigenvalue weighted by Gasteiger charge is -2.22. The number of aromatic nitrogens is 1. The fourth-order valence-corrected chi connectivity index (χ4v) is 3.50. The Balaban J connectivity index is 2.11. The third kappa shape index (κ3) is 3.45. The summed E-state index contributed by atoms with van der Waals surface area (Å²) in [6.07, 6.45) is 0.493. The monoisotopic (exact) mass is 364 g/mol. The van der Waals surface area contributed by atoms with Gasteiger partial charge in [0.25, 0.3) is 5.56 Å². The Bertz CT molecular complexity index is 1050. The van der Waals surface area contributed by atoms with Gasteiger partial charge in [-0.1, -0.05) is 37.3 Å². The fraction of sp³-hybridized carbons (Fsp3) is 0.273. The van der Waals surface area contributed by atoms with Crippen LogP contribution in [0.15, 0.2) is 53.3 Å². The molecular weight excluding hydrogens is 340 g/mol. The van der Waals surface area contributed by atoms with Crippen molar-refractivity contribution < 1.29 is 9.53 Å². The highest BCUT2D eigenvalue weighted by Gasteiger charge is 2.23. The van der Waals surface area contributed by atoms with Gasteiger partial charge in [-0.05, 0) is 43.5 Å². The van der Waals surface area contributed by atoms with Crippen LogP contribution in [0.4, 0.5) is 5.69 Å². The molecule has 0 radical (unpaired) electrons. The third-order valence-corrected chi connectivity index (χ3v) is 4.85. The highest BCUT2D eigenvalue weighted by Crippen LogP contribution is 2.27. The van der Waals surface area contributed by atoms with Gasteiger partial charge in [0.15, 0.2) is 0 Å². The van der Waals surface area contributed by atoms with E-state index in [1.807, 2.05) is 51.1 Å². The van der Waals surface area contributed by atoms with E-state index >= 15 is 0 Å². The van der Waals surface area contributed by atoms with E-state index in [4.69, 9.17) is 4.74 Å². The smallest absolute Gasteiger partial charge is 0.252 e. The summed E-state index contributed by atoms with van der Waals surface area (Å²) in [5.74, 6) is 0.343. The third-order valence-electron chi connectivity index (χ3n) is 4.85. The van der Waals surface area contributed by atoms with E-state index in [1.54, 1.807) is 29.9 Å². The Kier molecular flexibility index (Phi) is 5.31. The highest BCUT2D eigenvalue weighted by molar-refractivity contribution is 5.96. The number of methoxy groups -OCH3 is 1. The number of ether oxygens (including phenoxy) is 1. The van der Waals surface area contributed by atoms with Crippen LogP contribution in [0.1, 0.15) is 30.5 Å². The van der Waals surface area contributed by atoms with Gasteiger partial charge in [-0.3, -0.25) is 14.2 Å². The number of aryl methyl sites for hydroxylation is 2. The second-order valence-corrected chi connectivity index (χ2v) is 6.62. The number of amides is 1. The molecule has 1 aromatic heterocycles. The average Bonchev–Trinajstić information content (AvgIpc) is 2.65. The van der Waals surface area contributed by atoms with Crippen molar-refractivity contribution in [3.05, 3.63) is 70.0 Å². The molecule has 1 heterocycles. The van der Waals surface area contributed by atoms with Crippen LogP contribution in [0.2, 0.25) is 0 Å². The first-order valence-electron chi connectivity index (χ1n) is 9.03. The molecule has 27 heavy (non-hydrogen) atoms. The van der Waals surface area contributed by atoms with Gasteiger partial charge in [-0.2, -0.15) is 0 Å². The second-order valence-electron chi connectivity index (χ2n) is 6.62. The first-order valence-corrected chi connectivity index (χ1v) is 9.03. The predicted octanol–water partition coefficient (Wildman–Crippen LogP) is 4.22. The summed E-state index contributed by atoms with van der Waals surface area (Å²) in [5.41, 5.74) is 3.11. The lowest BCUT2D eigenvalue weighted by atomic mass is 10.0. The van der Waals surface area contributed by atoms with Crippen LogP contribution in [0.5, 0.6) is 5.75 Å². The molecule has 0 aliphatic carbocycles. The lowest BCUT2D eigenvalue weighted by Crippen LogP contribution is -2.33. The predicted molar refractivity (Wildman–Crippen MR) is 109 cm³/mol. The number of carbonyl (C=O) groups is 1. The van der Waals surface area contributed by atoms with Gasteiger partial charge in [-0.15, -0.1) is 0 Å². The minimum absolute atomic E-state index is 0.170. The highest BCUT2D eigenvalue weighted by atomic mass is 16.5. The fourth-order valence-electron chi connectivity index (χ4n) is 3.50. The molecule has 0 bridgehead atoms. The summed E-state index contributed by atoms with van der Waals surface area (Å²) in [4.78, 5) is 25.9. The van der Waals surface area contributed by atoms with Crippen LogP contribution in [0, 0.1) is 13.8 Å². The van der Waals surface area contributed by atoms with Crippen molar-refractivity contribution in [1.29, 1.82) is 0 Å². The largest absolute Gasteiger partial charge is 0.495 e. The van der Waals surface area contributed by atoms with Crippen molar-refractivity contribution >= 4 is 22.5 Å². The van der Waals surface area contributed by atoms with Crippen molar-refractivity contribution in [3.8, 4) is 5.75 Å². The Labute approximate surface area is 158 Å². The maximum absolute atomic E-state index is 13.1. The van der Waals surface area contributed by atoms with Crippen LogP contribution in [0.25, 0.3) is 10.9 Å². The Morgan fingerprint density at radius 2 is 1.85 bits per heavy atom. The molecule has 2 aromatic carbocycles. The van der Waals surface area contributed by atoms with Gasteiger partial charge in [0.05, 0.1) is 18.3 Å². The van der Waals surface area contributed by atoms with E-state index in [-0.39, 0.29) is 11.5 Å². The molecule has 0 aliphatic rings. The number of rotatable bonds is 5. The molecule has 3 aromatic rings.